The van der Waals surface area contributed by atoms with Crippen LogP contribution in [0.25, 0.3) is 0 Å². The summed E-state index contributed by atoms with van der Waals surface area (Å²) < 4.78 is 39.3. The van der Waals surface area contributed by atoms with Gasteiger partial charge in [0, 0.05) is 31.4 Å². The third kappa shape index (κ3) is 4.09. The highest BCUT2D eigenvalue weighted by atomic mass is 19.4. The quantitative estimate of drug-likeness (QED) is 0.682. The summed E-state index contributed by atoms with van der Waals surface area (Å²) in [4.78, 5) is 14.5. The normalized spacial score (nSPS) is 20.9. The van der Waals surface area contributed by atoms with E-state index in [-0.39, 0.29) is 6.04 Å². The molecule has 2 aromatic rings. The number of carbonyl (C=O) groups excluding carboxylic acids is 1. The number of anilines is 2. The molecule has 160 valence electrons. The molecular weight excluding hydrogens is 395 g/mol. The SMILES string of the molecule is CN1CCC(NC(=O)Nc2cccc3c2CC(O)CC3)c2ccc(C(F)(F)F)cc21. The fourth-order valence-corrected chi connectivity index (χ4v) is 4.30. The summed E-state index contributed by atoms with van der Waals surface area (Å²) in [7, 11) is 1.75. The van der Waals surface area contributed by atoms with Gasteiger partial charge in [-0.15, -0.1) is 0 Å². The molecule has 3 N–H and O–H groups in total. The molecule has 0 saturated carbocycles. The van der Waals surface area contributed by atoms with Crippen LogP contribution < -0.4 is 15.5 Å². The van der Waals surface area contributed by atoms with Crippen molar-refractivity contribution in [3.63, 3.8) is 0 Å². The molecule has 1 aliphatic carbocycles. The standard InChI is InChI=1S/C22H24F3N3O2/c1-28-10-9-19(16-8-6-14(11-20(16)28)22(23,24)25)27-21(30)26-18-4-2-3-13-5-7-15(29)12-17(13)18/h2-4,6,8,11,15,19,29H,5,7,9-10,12H2,1H3,(H2,26,27,30). The number of hydrogen-bond acceptors (Lipinski definition) is 3. The largest absolute Gasteiger partial charge is 0.416 e. The lowest BCUT2D eigenvalue weighted by atomic mass is 9.88. The minimum absolute atomic E-state index is 0.386. The summed E-state index contributed by atoms with van der Waals surface area (Å²) in [6, 6.07) is 8.50. The van der Waals surface area contributed by atoms with E-state index in [0.717, 1.165) is 29.7 Å². The average Bonchev–Trinajstić information content (AvgIpc) is 2.70. The van der Waals surface area contributed by atoms with E-state index in [0.29, 0.717) is 42.7 Å². The molecule has 0 bridgehead atoms. The van der Waals surface area contributed by atoms with Crippen LogP contribution in [0.5, 0.6) is 0 Å². The van der Waals surface area contributed by atoms with Crippen LogP contribution in [-0.4, -0.2) is 30.8 Å². The van der Waals surface area contributed by atoms with Crippen molar-refractivity contribution >= 4 is 17.4 Å². The molecule has 8 heteroatoms. The van der Waals surface area contributed by atoms with Gasteiger partial charge in [-0.05, 0) is 54.2 Å². The van der Waals surface area contributed by atoms with Crippen LogP contribution >= 0.6 is 0 Å². The second kappa shape index (κ2) is 7.83. The predicted octanol–water partition coefficient (Wildman–Crippen LogP) is 4.26. The number of alkyl halides is 3. The Morgan fingerprint density at radius 3 is 2.77 bits per heavy atom. The first-order valence-electron chi connectivity index (χ1n) is 10.0. The van der Waals surface area contributed by atoms with Crippen LogP contribution in [0.2, 0.25) is 0 Å². The zero-order valence-electron chi connectivity index (χ0n) is 16.6. The van der Waals surface area contributed by atoms with Crippen LogP contribution in [0.4, 0.5) is 29.3 Å². The topological polar surface area (TPSA) is 64.6 Å². The Kier molecular flexibility index (Phi) is 5.36. The van der Waals surface area contributed by atoms with Gasteiger partial charge in [-0.2, -0.15) is 13.2 Å². The molecule has 0 saturated heterocycles. The van der Waals surface area contributed by atoms with Crippen molar-refractivity contribution in [3.8, 4) is 0 Å². The van der Waals surface area contributed by atoms with Crippen LogP contribution in [0.15, 0.2) is 36.4 Å². The molecule has 2 amide bonds. The van der Waals surface area contributed by atoms with Gasteiger partial charge in [-0.1, -0.05) is 18.2 Å². The van der Waals surface area contributed by atoms with E-state index in [1.54, 1.807) is 18.0 Å². The summed E-state index contributed by atoms with van der Waals surface area (Å²) in [5.41, 5.74) is 3.14. The Morgan fingerprint density at radius 2 is 2.00 bits per heavy atom. The van der Waals surface area contributed by atoms with Crippen molar-refractivity contribution in [2.75, 3.05) is 23.8 Å². The number of carbonyl (C=O) groups is 1. The summed E-state index contributed by atoms with van der Waals surface area (Å²) >= 11 is 0. The van der Waals surface area contributed by atoms with Crippen LogP contribution in [0, 0.1) is 0 Å². The first-order chi connectivity index (χ1) is 14.2. The molecule has 2 atom stereocenters. The van der Waals surface area contributed by atoms with Crippen molar-refractivity contribution < 1.29 is 23.1 Å². The van der Waals surface area contributed by atoms with Crippen molar-refractivity contribution in [3.05, 3.63) is 58.7 Å². The minimum Gasteiger partial charge on any atom is -0.393 e. The van der Waals surface area contributed by atoms with E-state index in [2.05, 4.69) is 10.6 Å². The molecule has 0 spiro atoms. The number of urea groups is 1. The smallest absolute Gasteiger partial charge is 0.393 e. The molecule has 4 rings (SSSR count). The zero-order chi connectivity index (χ0) is 21.5. The maximum atomic E-state index is 13.1. The number of halogens is 3. The number of nitrogens with one attached hydrogen (secondary N) is 2. The highest BCUT2D eigenvalue weighted by Crippen LogP contribution is 2.38. The molecular formula is C22H24F3N3O2. The molecule has 2 aliphatic rings. The van der Waals surface area contributed by atoms with Gasteiger partial charge < -0.3 is 20.6 Å². The average molecular weight is 419 g/mol. The van der Waals surface area contributed by atoms with E-state index in [9.17, 15) is 23.1 Å². The van der Waals surface area contributed by atoms with E-state index >= 15 is 0 Å². The number of benzene rings is 2. The van der Waals surface area contributed by atoms with Crippen molar-refractivity contribution in [1.82, 2.24) is 5.32 Å². The monoisotopic (exact) mass is 419 g/mol. The number of hydrogen-bond donors (Lipinski definition) is 3. The molecule has 5 nitrogen and oxygen atoms in total. The van der Waals surface area contributed by atoms with E-state index in [4.69, 9.17) is 0 Å². The van der Waals surface area contributed by atoms with Gasteiger partial charge in [0.2, 0.25) is 0 Å². The highest BCUT2D eigenvalue weighted by molar-refractivity contribution is 5.91. The molecule has 0 fully saturated rings. The van der Waals surface area contributed by atoms with Gasteiger partial charge in [0.15, 0.2) is 0 Å². The highest BCUT2D eigenvalue weighted by Gasteiger charge is 2.33. The lowest BCUT2D eigenvalue weighted by Crippen LogP contribution is -2.38. The molecule has 1 heterocycles. The summed E-state index contributed by atoms with van der Waals surface area (Å²) in [6.07, 6.45) is -2.29. The number of nitrogens with zero attached hydrogens (tertiary/aromatic N) is 1. The fraction of sp³-hybridized carbons (Fsp3) is 0.409. The summed E-state index contributed by atoms with van der Waals surface area (Å²) in [5.74, 6) is 0. The minimum atomic E-state index is -4.41. The molecule has 0 aromatic heterocycles. The number of amides is 2. The second-order valence-electron chi connectivity index (χ2n) is 7.97. The zero-order valence-corrected chi connectivity index (χ0v) is 16.6. The van der Waals surface area contributed by atoms with Gasteiger partial charge in [0.1, 0.15) is 0 Å². The fourth-order valence-electron chi connectivity index (χ4n) is 4.30. The summed E-state index contributed by atoms with van der Waals surface area (Å²) in [5, 5.41) is 15.7. The van der Waals surface area contributed by atoms with Crippen molar-refractivity contribution in [2.24, 2.45) is 0 Å². The Morgan fingerprint density at radius 1 is 1.20 bits per heavy atom. The molecule has 2 unspecified atom stereocenters. The van der Waals surface area contributed by atoms with E-state index in [1.165, 1.54) is 6.07 Å². The van der Waals surface area contributed by atoms with Gasteiger partial charge >= 0.3 is 12.2 Å². The third-order valence-electron chi connectivity index (χ3n) is 5.91. The summed E-state index contributed by atoms with van der Waals surface area (Å²) in [6.45, 7) is 0.534. The van der Waals surface area contributed by atoms with Gasteiger partial charge in [0.25, 0.3) is 0 Å². The number of aliphatic hydroxyl groups excluding tert-OH is 1. The Bertz CT molecular complexity index is 961. The van der Waals surface area contributed by atoms with E-state index in [1.807, 2.05) is 12.1 Å². The van der Waals surface area contributed by atoms with Gasteiger partial charge in [0.05, 0.1) is 17.7 Å². The predicted molar refractivity (Wildman–Crippen MR) is 109 cm³/mol. The maximum Gasteiger partial charge on any atom is 0.416 e. The maximum absolute atomic E-state index is 13.1. The lowest BCUT2D eigenvalue weighted by molar-refractivity contribution is -0.137. The van der Waals surface area contributed by atoms with Crippen molar-refractivity contribution in [1.29, 1.82) is 0 Å². The molecule has 1 aliphatic heterocycles. The Balaban J connectivity index is 1.52. The number of fused-ring (bicyclic) bond motifs is 2. The molecule has 2 aromatic carbocycles. The Hall–Kier alpha value is -2.74. The number of aryl methyl sites for hydroxylation is 1. The number of aliphatic hydroxyl groups is 1. The van der Waals surface area contributed by atoms with Crippen molar-refractivity contribution in [2.45, 2.75) is 44.0 Å². The first-order valence-corrected chi connectivity index (χ1v) is 10.0. The molecule has 0 radical (unpaired) electrons. The van der Waals surface area contributed by atoms with Crippen LogP contribution in [0.3, 0.4) is 0 Å². The second-order valence-corrected chi connectivity index (χ2v) is 7.97. The Labute approximate surface area is 172 Å². The van der Waals surface area contributed by atoms with Crippen LogP contribution in [-0.2, 0) is 19.0 Å². The lowest BCUT2D eigenvalue weighted by Gasteiger charge is -2.34. The van der Waals surface area contributed by atoms with Gasteiger partial charge in [-0.25, -0.2) is 4.79 Å². The first kappa shape index (κ1) is 20.5. The number of rotatable bonds is 2. The third-order valence-corrected chi connectivity index (χ3v) is 5.91. The molecule has 30 heavy (non-hydrogen) atoms. The van der Waals surface area contributed by atoms with Crippen LogP contribution in [0.1, 0.15) is 41.1 Å². The van der Waals surface area contributed by atoms with E-state index < -0.39 is 23.9 Å². The van der Waals surface area contributed by atoms with Gasteiger partial charge in [-0.3, -0.25) is 0 Å².